The van der Waals surface area contributed by atoms with Gasteiger partial charge in [0.15, 0.2) is 5.69 Å². The van der Waals surface area contributed by atoms with Crippen molar-refractivity contribution in [3.63, 3.8) is 0 Å². The van der Waals surface area contributed by atoms with Gasteiger partial charge in [-0.1, -0.05) is 12.1 Å². The molecule has 1 aromatic rings. The highest BCUT2D eigenvalue weighted by Crippen LogP contribution is 2.40. The molecule has 0 spiro atoms. The van der Waals surface area contributed by atoms with Gasteiger partial charge in [-0.15, -0.1) is 0 Å². The maximum atomic E-state index is 12.8. The molecule has 4 rings (SSSR count). The van der Waals surface area contributed by atoms with Crippen LogP contribution in [0.3, 0.4) is 0 Å². The quantitative estimate of drug-likeness (QED) is 0.840. The van der Waals surface area contributed by atoms with Gasteiger partial charge in [0, 0.05) is 43.1 Å². The van der Waals surface area contributed by atoms with Crippen LogP contribution in [0.5, 0.6) is 0 Å². The number of likely N-dealkylation sites (tertiary alicyclic amines) is 1. The van der Waals surface area contributed by atoms with E-state index in [1.165, 1.54) is 0 Å². The minimum absolute atomic E-state index is 0.0578. The molecule has 7 nitrogen and oxygen atoms in total. The van der Waals surface area contributed by atoms with Crippen molar-refractivity contribution >= 4 is 11.8 Å². The van der Waals surface area contributed by atoms with Crippen LogP contribution in [0.4, 0.5) is 0 Å². The van der Waals surface area contributed by atoms with Crippen molar-refractivity contribution in [1.82, 2.24) is 15.4 Å². The summed E-state index contributed by atoms with van der Waals surface area (Å²) < 4.78 is 5.28. The number of carbonyl (C=O) groups excluding carboxylic acids is 2. The molecule has 1 saturated heterocycles. The standard InChI is InChI=1S/C20H30N4O3/c1-12-11-24(20(26)14-4-6-15(21)7-5-14)9-8-16(12)22-19(25)17-10-18(27-23-17)13-2-3-13/h10,12-16H,2-9,11,21H2,1H3,(H,22,25)/t12-,14?,15?,16-/m1/s1. The summed E-state index contributed by atoms with van der Waals surface area (Å²) in [5, 5.41) is 7.00. The van der Waals surface area contributed by atoms with E-state index < -0.39 is 0 Å². The van der Waals surface area contributed by atoms with Crippen molar-refractivity contribution in [1.29, 1.82) is 0 Å². The van der Waals surface area contributed by atoms with Gasteiger partial charge < -0.3 is 20.5 Å². The first-order valence-corrected chi connectivity index (χ1v) is 10.3. The van der Waals surface area contributed by atoms with Crippen molar-refractivity contribution in [2.45, 2.75) is 69.9 Å². The van der Waals surface area contributed by atoms with Crippen LogP contribution in [0.15, 0.2) is 10.6 Å². The number of piperidine rings is 1. The largest absolute Gasteiger partial charge is 0.360 e. The monoisotopic (exact) mass is 374 g/mol. The predicted molar refractivity (Wildman–Crippen MR) is 100 cm³/mol. The second kappa shape index (κ2) is 7.62. The molecule has 27 heavy (non-hydrogen) atoms. The van der Waals surface area contributed by atoms with E-state index in [-0.39, 0.29) is 35.7 Å². The molecule has 2 heterocycles. The van der Waals surface area contributed by atoms with Crippen molar-refractivity contribution in [3.8, 4) is 0 Å². The van der Waals surface area contributed by atoms with Gasteiger partial charge in [-0.2, -0.15) is 0 Å². The zero-order chi connectivity index (χ0) is 19.0. The van der Waals surface area contributed by atoms with Crippen LogP contribution in [-0.2, 0) is 4.79 Å². The van der Waals surface area contributed by atoms with Gasteiger partial charge in [-0.25, -0.2) is 0 Å². The molecular formula is C20H30N4O3. The Morgan fingerprint density at radius 2 is 1.93 bits per heavy atom. The van der Waals surface area contributed by atoms with Gasteiger partial charge in [0.25, 0.3) is 5.91 Å². The highest BCUT2D eigenvalue weighted by atomic mass is 16.5. The second-order valence-electron chi connectivity index (χ2n) is 8.63. The lowest BCUT2D eigenvalue weighted by molar-refractivity contribution is -0.138. The number of nitrogens with zero attached hydrogens (tertiary/aromatic N) is 2. The summed E-state index contributed by atoms with van der Waals surface area (Å²) in [6, 6.07) is 2.08. The summed E-state index contributed by atoms with van der Waals surface area (Å²) >= 11 is 0. The third kappa shape index (κ3) is 4.18. The molecule has 7 heteroatoms. The van der Waals surface area contributed by atoms with E-state index in [4.69, 9.17) is 10.3 Å². The molecule has 0 unspecified atom stereocenters. The molecule has 3 aliphatic rings. The molecule has 3 N–H and O–H groups in total. The van der Waals surface area contributed by atoms with E-state index >= 15 is 0 Å². The van der Waals surface area contributed by atoms with Crippen molar-refractivity contribution < 1.29 is 14.1 Å². The van der Waals surface area contributed by atoms with E-state index in [1.54, 1.807) is 6.07 Å². The smallest absolute Gasteiger partial charge is 0.273 e. The third-order valence-electron chi connectivity index (χ3n) is 6.40. The molecule has 2 atom stereocenters. The SMILES string of the molecule is C[C@@H]1CN(C(=O)C2CCC(N)CC2)CC[C@H]1NC(=O)c1cc(C2CC2)on1. The summed E-state index contributed by atoms with van der Waals surface area (Å²) in [7, 11) is 0. The Morgan fingerprint density at radius 3 is 2.59 bits per heavy atom. The molecular weight excluding hydrogens is 344 g/mol. The van der Waals surface area contributed by atoms with Gasteiger partial charge in [0.05, 0.1) is 0 Å². The predicted octanol–water partition coefficient (Wildman–Crippen LogP) is 2.04. The number of carbonyl (C=O) groups is 2. The third-order valence-corrected chi connectivity index (χ3v) is 6.40. The first kappa shape index (κ1) is 18.5. The van der Waals surface area contributed by atoms with Gasteiger partial charge >= 0.3 is 0 Å². The van der Waals surface area contributed by atoms with Crippen molar-refractivity contribution in [2.75, 3.05) is 13.1 Å². The van der Waals surface area contributed by atoms with E-state index in [0.717, 1.165) is 50.7 Å². The fourth-order valence-corrected chi connectivity index (χ4v) is 4.38. The van der Waals surface area contributed by atoms with Crippen LogP contribution in [-0.4, -0.2) is 47.0 Å². The average molecular weight is 374 g/mol. The Labute approximate surface area is 160 Å². The van der Waals surface area contributed by atoms with Gasteiger partial charge in [0.2, 0.25) is 5.91 Å². The summed E-state index contributed by atoms with van der Waals surface area (Å²) in [5.41, 5.74) is 6.32. The number of nitrogens with one attached hydrogen (secondary N) is 1. The van der Waals surface area contributed by atoms with E-state index in [9.17, 15) is 9.59 Å². The van der Waals surface area contributed by atoms with Crippen LogP contribution in [0.1, 0.15) is 74.0 Å². The second-order valence-corrected chi connectivity index (χ2v) is 8.63. The summed E-state index contributed by atoms with van der Waals surface area (Å²) in [6.45, 7) is 3.49. The maximum absolute atomic E-state index is 12.8. The first-order chi connectivity index (χ1) is 13.0. The highest BCUT2D eigenvalue weighted by molar-refractivity contribution is 5.92. The lowest BCUT2D eigenvalue weighted by atomic mass is 9.84. The van der Waals surface area contributed by atoms with E-state index in [1.807, 2.05) is 4.90 Å². The minimum Gasteiger partial charge on any atom is -0.360 e. The summed E-state index contributed by atoms with van der Waals surface area (Å²) in [5.74, 6) is 1.70. The fraction of sp³-hybridized carbons (Fsp3) is 0.750. The van der Waals surface area contributed by atoms with E-state index in [0.29, 0.717) is 24.7 Å². The lowest BCUT2D eigenvalue weighted by Crippen LogP contribution is -2.53. The molecule has 0 aromatic carbocycles. The Hall–Kier alpha value is -1.89. The Bertz CT molecular complexity index is 691. The van der Waals surface area contributed by atoms with Gasteiger partial charge in [-0.05, 0) is 50.9 Å². The number of nitrogens with two attached hydrogens (primary N) is 1. The Balaban J connectivity index is 1.29. The number of aromatic nitrogens is 1. The lowest BCUT2D eigenvalue weighted by Gasteiger charge is -2.39. The summed E-state index contributed by atoms with van der Waals surface area (Å²) in [6.07, 6.45) is 6.71. The van der Waals surface area contributed by atoms with Crippen LogP contribution < -0.4 is 11.1 Å². The normalized spacial score (nSPS) is 31.6. The van der Waals surface area contributed by atoms with Crippen LogP contribution in [0, 0.1) is 11.8 Å². The van der Waals surface area contributed by atoms with E-state index in [2.05, 4.69) is 17.4 Å². The maximum Gasteiger partial charge on any atom is 0.273 e. The van der Waals surface area contributed by atoms with Crippen LogP contribution >= 0.6 is 0 Å². The minimum atomic E-state index is -0.177. The average Bonchev–Trinajstić information content (AvgIpc) is 3.40. The van der Waals surface area contributed by atoms with Crippen molar-refractivity contribution in [3.05, 3.63) is 17.5 Å². The fourth-order valence-electron chi connectivity index (χ4n) is 4.38. The molecule has 3 fully saturated rings. The highest BCUT2D eigenvalue weighted by Gasteiger charge is 2.35. The first-order valence-electron chi connectivity index (χ1n) is 10.3. The molecule has 0 bridgehead atoms. The zero-order valence-electron chi connectivity index (χ0n) is 16.0. The summed E-state index contributed by atoms with van der Waals surface area (Å²) in [4.78, 5) is 27.3. The molecule has 1 aliphatic heterocycles. The number of amides is 2. The molecule has 2 amide bonds. The van der Waals surface area contributed by atoms with Gasteiger partial charge in [0.1, 0.15) is 5.76 Å². The molecule has 2 aliphatic carbocycles. The number of hydrogen-bond donors (Lipinski definition) is 2. The molecule has 148 valence electrons. The van der Waals surface area contributed by atoms with Crippen LogP contribution in [0.2, 0.25) is 0 Å². The van der Waals surface area contributed by atoms with Crippen LogP contribution in [0.25, 0.3) is 0 Å². The molecule has 2 saturated carbocycles. The van der Waals surface area contributed by atoms with Crippen molar-refractivity contribution in [2.24, 2.45) is 17.6 Å². The topological polar surface area (TPSA) is 101 Å². The Kier molecular flexibility index (Phi) is 5.21. The molecule has 0 radical (unpaired) electrons. The number of hydrogen-bond acceptors (Lipinski definition) is 5. The molecule has 1 aromatic heterocycles. The number of rotatable bonds is 4. The van der Waals surface area contributed by atoms with Gasteiger partial charge in [-0.3, -0.25) is 9.59 Å². The Morgan fingerprint density at radius 1 is 1.19 bits per heavy atom. The zero-order valence-corrected chi connectivity index (χ0v) is 16.0.